The smallest absolute Gasteiger partial charge is 0.303 e. The fraction of sp³-hybridized carbons (Fsp3) is 0.300. The number of carboxylic acid groups (broad SMARTS) is 1. The quantitative estimate of drug-likeness (QED) is 0.654. The standard InChI is InChI=1S/C20H21NO6S/c1-27-17-4-6-18(7-5-17)28(25,26)21-16-11-13-2-3-14(10-15(13)12-16)19(22)8-9-20(23)24/h2-7,10,16,21H,8-9,11-12H2,1H3,(H,23,24). The van der Waals surface area contributed by atoms with Crippen molar-refractivity contribution in [2.24, 2.45) is 0 Å². The summed E-state index contributed by atoms with van der Waals surface area (Å²) in [6, 6.07) is 11.1. The molecule has 0 heterocycles. The molecule has 7 nitrogen and oxygen atoms in total. The summed E-state index contributed by atoms with van der Waals surface area (Å²) in [5.74, 6) is -0.665. The lowest BCUT2D eigenvalue weighted by Gasteiger charge is -2.13. The number of hydrogen-bond acceptors (Lipinski definition) is 5. The van der Waals surface area contributed by atoms with E-state index < -0.39 is 16.0 Å². The Morgan fingerprint density at radius 1 is 1.07 bits per heavy atom. The Kier molecular flexibility index (Phi) is 5.81. The Labute approximate surface area is 163 Å². The van der Waals surface area contributed by atoms with E-state index in [0.717, 1.165) is 11.1 Å². The first-order valence-electron chi connectivity index (χ1n) is 8.81. The number of hydrogen-bond donors (Lipinski definition) is 2. The molecule has 0 aromatic heterocycles. The number of carbonyl (C=O) groups is 2. The van der Waals surface area contributed by atoms with Gasteiger partial charge in [-0.2, -0.15) is 0 Å². The van der Waals surface area contributed by atoms with Crippen LogP contribution in [0.4, 0.5) is 0 Å². The molecule has 0 bridgehead atoms. The number of sulfonamides is 1. The number of methoxy groups -OCH3 is 1. The highest BCUT2D eigenvalue weighted by Crippen LogP contribution is 2.26. The molecule has 2 N–H and O–H groups in total. The average molecular weight is 403 g/mol. The maximum Gasteiger partial charge on any atom is 0.303 e. The number of ketones is 1. The van der Waals surface area contributed by atoms with Gasteiger partial charge in [0.1, 0.15) is 5.75 Å². The van der Waals surface area contributed by atoms with E-state index in [0.29, 0.717) is 24.2 Å². The van der Waals surface area contributed by atoms with E-state index in [1.807, 2.05) is 6.07 Å². The van der Waals surface area contributed by atoms with Gasteiger partial charge in [0.2, 0.25) is 10.0 Å². The molecule has 1 aliphatic carbocycles. The van der Waals surface area contributed by atoms with Gasteiger partial charge in [0.25, 0.3) is 0 Å². The first-order valence-corrected chi connectivity index (χ1v) is 10.3. The van der Waals surface area contributed by atoms with E-state index in [1.54, 1.807) is 24.3 Å². The van der Waals surface area contributed by atoms with Crippen LogP contribution in [0, 0.1) is 0 Å². The van der Waals surface area contributed by atoms with Crippen LogP contribution in [0.25, 0.3) is 0 Å². The number of ether oxygens (including phenoxy) is 1. The molecule has 0 saturated heterocycles. The molecule has 0 spiro atoms. The Morgan fingerprint density at radius 2 is 1.75 bits per heavy atom. The fourth-order valence-corrected chi connectivity index (χ4v) is 4.52. The lowest BCUT2D eigenvalue weighted by atomic mass is 10.0. The van der Waals surface area contributed by atoms with Crippen molar-refractivity contribution < 1.29 is 27.9 Å². The molecule has 3 rings (SSSR count). The van der Waals surface area contributed by atoms with Gasteiger partial charge in [-0.15, -0.1) is 0 Å². The van der Waals surface area contributed by atoms with Crippen molar-refractivity contribution in [2.45, 2.75) is 36.6 Å². The van der Waals surface area contributed by atoms with Gasteiger partial charge >= 0.3 is 5.97 Å². The molecule has 148 valence electrons. The third-order valence-electron chi connectivity index (χ3n) is 4.72. The van der Waals surface area contributed by atoms with E-state index in [-0.39, 0.29) is 29.6 Å². The molecule has 1 aliphatic rings. The number of carbonyl (C=O) groups excluding carboxylic acids is 1. The van der Waals surface area contributed by atoms with Gasteiger partial charge in [0, 0.05) is 18.0 Å². The van der Waals surface area contributed by atoms with Gasteiger partial charge in [-0.05, 0) is 54.3 Å². The molecule has 0 saturated carbocycles. The lowest BCUT2D eigenvalue weighted by molar-refractivity contribution is -0.136. The van der Waals surface area contributed by atoms with Crippen molar-refractivity contribution in [2.75, 3.05) is 7.11 Å². The number of benzene rings is 2. The second kappa shape index (κ2) is 8.12. The molecule has 1 unspecified atom stereocenters. The van der Waals surface area contributed by atoms with E-state index in [9.17, 15) is 18.0 Å². The van der Waals surface area contributed by atoms with Crippen molar-refractivity contribution >= 4 is 21.8 Å². The summed E-state index contributed by atoms with van der Waals surface area (Å²) in [5, 5.41) is 8.71. The zero-order chi connectivity index (χ0) is 20.3. The highest BCUT2D eigenvalue weighted by atomic mass is 32.2. The highest BCUT2D eigenvalue weighted by molar-refractivity contribution is 7.89. The molecular formula is C20H21NO6S. The first-order chi connectivity index (χ1) is 13.3. The van der Waals surface area contributed by atoms with Gasteiger partial charge < -0.3 is 9.84 Å². The number of rotatable bonds is 8. The third kappa shape index (κ3) is 4.58. The molecule has 1 atom stereocenters. The van der Waals surface area contributed by atoms with Gasteiger partial charge in [-0.25, -0.2) is 13.1 Å². The first kappa shape index (κ1) is 20.0. The summed E-state index contributed by atoms with van der Waals surface area (Å²) in [6.07, 6.45) is 0.751. The second-order valence-corrected chi connectivity index (χ2v) is 8.42. The van der Waals surface area contributed by atoms with E-state index in [4.69, 9.17) is 9.84 Å². The largest absolute Gasteiger partial charge is 0.497 e. The minimum atomic E-state index is -3.67. The monoisotopic (exact) mass is 403 g/mol. The minimum Gasteiger partial charge on any atom is -0.497 e. The number of nitrogens with one attached hydrogen (secondary N) is 1. The zero-order valence-corrected chi connectivity index (χ0v) is 16.2. The van der Waals surface area contributed by atoms with Gasteiger partial charge in [-0.1, -0.05) is 12.1 Å². The predicted molar refractivity (Wildman–Crippen MR) is 102 cm³/mol. The summed E-state index contributed by atoms with van der Waals surface area (Å²) in [7, 11) is -2.16. The van der Waals surface area contributed by atoms with Crippen LogP contribution in [0.2, 0.25) is 0 Å². The van der Waals surface area contributed by atoms with Crippen molar-refractivity contribution in [3.05, 3.63) is 59.2 Å². The van der Waals surface area contributed by atoms with Crippen molar-refractivity contribution in [3.63, 3.8) is 0 Å². The maximum atomic E-state index is 12.6. The van der Waals surface area contributed by atoms with Crippen LogP contribution in [-0.2, 0) is 27.7 Å². The molecule has 0 amide bonds. The van der Waals surface area contributed by atoms with E-state index in [2.05, 4.69) is 4.72 Å². The molecule has 8 heteroatoms. The highest BCUT2D eigenvalue weighted by Gasteiger charge is 2.27. The molecule has 2 aromatic carbocycles. The Balaban J connectivity index is 1.68. The zero-order valence-electron chi connectivity index (χ0n) is 15.3. The summed E-state index contributed by atoms with van der Waals surface area (Å²) < 4.78 is 33.0. The summed E-state index contributed by atoms with van der Waals surface area (Å²) in [5.41, 5.74) is 2.35. The summed E-state index contributed by atoms with van der Waals surface area (Å²) >= 11 is 0. The van der Waals surface area contributed by atoms with Crippen LogP contribution >= 0.6 is 0 Å². The van der Waals surface area contributed by atoms with Gasteiger partial charge in [0.05, 0.1) is 18.4 Å². The Morgan fingerprint density at radius 3 is 2.39 bits per heavy atom. The van der Waals surface area contributed by atoms with E-state index >= 15 is 0 Å². The molecular weight excluding hydrogens is 382 g/mol. The van der Waals surface area contributed by atoms with Crippen LogP contribution in [0.1, 0.15) is 34.3 Å². The maximum absolute atomic E-state index is 12.6. The van der Waals surface area contributed by atoms with Crippen LogP contribution < -0.4 is 9.46 Å². The van der Waals surface area contributed by atoms with Crippen LogP contribution in [0.5, 0.6) is 5.75 Å². The van der Waals surface area contributed by atoms with Crippen molar-refractivity contribution in [1.29, 1.82) is 0 Å². The fourth-order valence-electron chi connectivity index (χ4n) is 3.28. The van der Waals surface area contributed by atoms with Crippen LogP contribution in [-0.4, -0.2) is 38.4 Å². The number of aliphatic carboxylic acids is 1. The van der Waals surface area contributed by atoms with Crippen molar-refractivity contribution in [1.82, 2.24) is 4.72 Å². The predicted octanol–water partition coefficient (Wildman–Crippen LogP) is 2.19. The molecule has 0 aliphatic heterocycles. The third-order valence-corrected chi connectivity index (χ3v) is 6.25. The van der Waals surface area contributed by atoms with Crippen LogP contribution in [0.15, 0.2) is 47.4 Å². The normalized spacial score (nSPS) is 15.8. The molecule has 2 aromatic rings. The van der Waals surface area contributed by atoms with Gasteiger partial charge in [-0.3, -0.25) is 9.59 Å². The molecule has 0 fully saturated rings. The molecule has 28 heavy (non-hydrogen) atoms. The van der Waals surface area contributed by atoms with Crippen LogP contribution in [0.3, 0.4) is 0 Å². The lowest BCUT2D eigenvalue weighted by Crippen LogP contribution is -2.35. The summed E-state index contributed by atoms with van der Waals surface area (Å²) in [6.45, 7) is 0. The number of Topliss-reactive ketones (excluding diaryl/α,β-unsaturated/α-hetero) is 1. The minimum absolute atomic E-state index is 0.0539. The number of fused-ring (bicyclic) bond motifs is 1. The Bertz CT molecular complexity index is 998. The average Bonchev–Trinajstić information content (AvgIpc) is 3.06. The van der Waals surface area contributed by atoms with Crippen molar-refractivity contribution in [3.8, 4) is 5.75 Å². The van der Waals surface area contributed by atoms with Gasteiger partial charge in [0.15, 0.2) is 5.78 Å². The SMILES string of the molecule is COc1ccc(S(=O)(=O)NC2Cc3ccc(C(=O)CCC(=O)O)cc3C2)cc1. The number of carboxylic acids is 1. The topological polar surface area (TPSA) is 110 Å². The summed E-state index contributed by atoms with van der Waals surface area (Å²) in [4.78, 5) is 22.9. The Hall–Kier alpha value is -2.71. The van der Waals surface area contributed by atoms with E-state index in [1.165, 1.54) is 19.2 Å². The second-order valence-electron chi connectivity index (χ2n) is 6.70. The molecule has 0 radical (unpaired) electrons.